The second-order valence-corrected chi connectivity index (χ2v) is 9.58. The Kier molecular flexibility index (Phi) is 7.05. The van der Waals surface area contributed by atoms with E-state index in [1.165, 1.54) is 4.31 Å². The van der Waals surface area contributed by atoms with Crippen LogP contribution in [0.15, 0.2) is 53.4 Å². The van der Waals surface area contributed by atoms with Crippen molar-refractivity contribution in [2.45, 2.75) is 31.6 Å². The summed E-state index contributed by atoms with van der Waals surface area (Å²) >= 11 is 0. The van der Waals surface area contributed by atoms with Crippen molar-refractivity contribution in [2.75, 3.05) is 38.0 Å². The second-order valence-electron chi connectivity index (χ2n) is 7.64. The lowest BCUT2D eigenvalue weighted by atomic mass is 10.1. The predicted octanol–water partition coefficient (Wildman–Crippen LogP) is 1.48. The van der Waals surface area contributed by atoms with E-state index in [0.29, 0.717) is 37.6 Å². The summed E-state index contributed by atoms with van der Waals surface area (Å²) in [5, 5.41) is 2.91. The lowest BCUT2D eigenvalue weighted by Gasteiger charge is -2.31. The Morgan fingerprint density at radius 3 is 2.24 bits per heavy atom. The third-order valence-electron chi connectivity index (χ3n) is 5.28. The number of carbonyl (C=O) groups is 1. The van der Waals surface area contributed by atoms with Crippen molar-refractivity contribution in [2.24, 2.45) is 0 Å². The third-order valence-corrected chi connectivity index (χ3v) is 7.19. The fourth-order valence-corrected chi connectivity index (χ4v) is 5.00. The van der Waals surface area contributed by atoms with Gasteiger partial charge in [-0.15, -0.1) is 0 Å². The van der Waals surface area contributed by atoms with Crippen molar-refractivity contribution in [3.63, 3.8) is 0 Å². The van der Waals surface area contributed by atoms with E-state index in [1.54, 1.807) is 12.1 Å². The molecule has 0 bridgehead atoms. The zero-order chi connectivity index (χ0) is 20.9. The number of rotatable bonds is 7. The van der Waals surface area contributed by atoms with Gasteiger partial charge < -0.3 is 10.2 Å². The number of carbonyl (C=O) groups excluding carboxylic acids is 1. The van der Waals surface area contributed by atoms with E-state index in [9.17, 15) is 13.2 Å². The molecule has 1 aliphatic heterocycles. The Balaban J connectivity index is 1.52. The molecule has 1 aliphatic rings. The highest BCUT2D eigenvalue weighted by molar-refractivity contribution is 7.89. The molecular weight excluding hydrogens is 386 g/mol. The fourth-order valence-electron chi connectivity index (χ4n) is 3.55. The van der Waals surface area contributed by atoms with Crippen LogP contribution in [0.1, 0.15) is 24.5 Å². The van der Waals surface area contributed by atoms with Gasteiger partial charge in [-0.3, -0.25) is 4.79 Å². The number of anilines is 1. The van der Waals surface area contributed by atoms with Gasteiger partial charge in [0.1, 0.15) is 0 Å². The molecule has 0 aliphatic carbocycles. The van der Waals surface area contributed by atoms with Crippen LogP contribution in [-0.4, -0.2) is 51.4 Å². The minimum Gasteiger partial charge on any atom is -0.325 e. The Morgan fingerprint density at radius 1 is 1.03 bits per heavy atom. The first-order valence-electron chi connectivity index (χ1n) is 10.2. The molecule has 156 valence electrons. The summed E-state index contributed by atoms with van der Waals surface area (Å²) in [5.74, 6) is -0.0494. The molecule has 1 amide bonds. The molecule has 2 aromatic carbocycles. The monoisotopic (exact) mass is 416 g/mol. The van der Waals surface area contributed by atoms with Crippen molar-refractivity contribution < 1.29 is 18.1 Å². The summed E-state index contributed by atoms with van der Waals surface area (Å²) < 4.78 is 27.3. The average molecular weight is 417 g/mol. The minimum atomic E-state index is -3.48. The maximum absolute atomic E-state index is 12.9. The molecule has 1 heterocycles. The summed E-state index contributed by atoms with van der Waals surface area (Å²) in [6.45, 7) is 6.53. The lowest BCUT2D eigenvalue weighted by molar-refractivity contribution is -0.895. The molecule has 0 aromatic heterocycles. The lowest BCUT2D eigenvalue weighted by Crippen LogP contribution is -3.15. The van der Waals surface area contributed by atoms with Gasteiger partial charge in [0.2, 0.25) is 10.0 Å². The Labute approximate surface area is 173 Å². The van der Waals surface area contributed by atoms with Crippen LogP contribution < -0.4 is 10.2 Å². The van der Waals surface area contributed by atoms with Gasteiger partial charge in [0.05, 0.1) is 31.1 Å². The molecule has 2 N–H and O–H groups in total. The van der Waals surface area contributed by atoms with Crippen molar-refractivity contribution in [1.82, 2.24) is 4.31 Å². The number of hydrogen-bond acceptors (Lipinski definition) is 3. The first-order chi connectivity index (χ1) is 13.9. The smallest absolute Gasteiger partial charge is 0.279 e. The summed E-state index contributed by atoms with van der Waals surface area (Å²) in [7, 11) is -3.48. The van der Waals surface area contributed by atoms with E-state index in [4.69, 9.17) is 0 Å². The highest BCUT2D eigenvalue weighted by Gasteiger charge is 2.31. The van der Waals surface area contributed by atoms with Gasteiger partial charge in [0, 0.05) is 5.69 Å². The van der Waals surface area contributed by atoms with Crippen LogP contribution in [-0.2, 0) is 21.2 Å². The van der Waals surface area contributed by atoms with Gasteiger partial charge in [0.25, 0.3) is 5.91 Å². The molecule has 0 saturated carbocycles. The van der Waals surface area contributed by atoms with Gasteiger partial charge in [-0.05, 0) is 43.2 Å². The Morgan fingerprint density at radius 2 is 1.66 bits per heavy atom. The molecule has 1 saturated heterocycles. The molecule has 0 unspecified atom stereocenters. The SMILES string of the molecule is CCCc1ccc(S(=O)(=O)N2CC[NH+](CC(=O)Nc3ccc(C)cc3)CC2)cc1. The maximum Gasteiger partial charge on any atom is 0.279 e. The summed E-state index contributed by atoms with van der Waals surface area (Å²) in [5.41, 5.74) is 3.08. The first kappa shape index (κ1) is 21.5. The largest absolute Gasteiger partial charge is 0.325 e. The number of benzene rings is 2. The normalized spacial score (nSPS) is 15.9. The van der Waals surface area contributed by atoms with Crippen LogP contribution >= 0.6 is 0 Å². The van der Waals surface area contributed by atoms with Gasteiger partial charge >= 0.3 is 0 Å². The molecule has 1 fully saturated rings. The maximum atomic E-state index is 12.9. The van der Waals surface area contributed by atoms with Crippen LogP contribution in [0.2, 0.25) is 0 Å². The minimum absolute atomic E-state index is 0.0494. The van der Waals surface area contributed by atoms with Crippen LogP contribution in [0.25, 0.3) is 0 Å². The number of amides is 1. The number of aryl methyl sites for hydroxylation is 2. The van der Waals surface area contributed by atoms with Crippen LogP contribution in [0.3, 0.4) is 0 Å². The molecule has 3 rings (SSSR count). The highest BCUT2D eigenvalue weighted by Crippen LogP contribution is 2.17. The Bertz CT molecular complexity index is 917. The molecule has 7 heteroatoms. The molecule has 0 atom stereocenters. The number of nitrogens with one attached hydrogen (secondary N) is 2. The van der Waals surface area contributed by atoms with Crippen molar-refractivity contribution >= 4 is 21.6 Å². The van der Waals surface area contributed by atoms with Crippen LogP contribution in [0, 0.1) is 6.92 Å². The molecule has 29 heavy (non-hydrogen) atoms. The van der Waals surface area contributed by atoms with Gasteiger partial charge in [-0.1, -0.05) is 43.2 Å². The quantitative estimate of drug-likeness (QED) is 0.718. The predicted molar refractivity (Wildman–Crippen MR) is 115 cm³/mol. The van der Waals surface area contributed by atoms with Crippen LogP contribution in [0.5, 0.6) is 0 Å². The standard InChI is InChI=1S/C22H29N3O3S/c1-3-4-19-7-11-21(12-8-19)29(27,28)25-15-13-24(14-16-25)17-22(26)23-20-9-5-18(2)6-10-20/h5-12H,3-4,13-17H2,1-2H3,(H,23,26)/p+1. The zero-order valence-electron chi connectivity index (χ0n) is 17.1. The number of sulfonamides is 1. The topological polar surface area (TPSA) is 70.9 Å². The number of quaternary nitrogens is 1. The molecule has 6 nitrogen and oxygen atoms in total. The Hall–Kier alpha value is -2.22. The van der Waals surface area contributed by atoms with Gasteiger partial charge in [-0.25, -0.2) is 8.42 Å². The average Bonchev–Trinajstić information content (AvgIpc) is 2.71. The zero-order valence-corrected chi connectivity index (χ0v) is 18.0. The van der Waals surface area contributed by atoms with Crippen molar-refractivity contribution in [3.05, 3.63) is 59.7 Å². The number of hydrogen-bond donors (Lipinski definition) is 2. The van der Waals surface area contributed by atoms with Gasteiger partial charge in [-0.2, -0.15) is 4.31 Å². The van der Waals surface area contributed by atoms with Gasteiger partial charge in [0.15, 0.2) is 6.54 Å². The molecule has 0 spiro atoms. The number of nitrogens with zero attached hydrogens (tertiary/aromatic N) is 1. The van der Waals surface area contributed by atoms with E-state index in [2.05, 4.69) is 12.2 Å². The summed E-state index contributed by atoms with van der Waals surface area (Å²) in [6, 6.07) is 14.9. The van der Waals surface area contributed by atoms with E-state index < -0.39 is 10.0 Å². The molecule has 0 radical (unpaired) electrons. The van der Waals surface area contributed by atoms with E-state index >= 15 is 0 Å². The highest BCUT2D eigenvalue weighted by atomic mass is 32.2. The third kappa shape index (κ3) is 5.65. The second kappa shape index (κ2) is 9.52. The molecular formula is C22H30N3O3S+. The first-order valence-corrected chi connectivity index (χ1v) is 11.6. The fraction of sp³-hybridized carbons (Fsp3) is 0.409. The number of piperazine rings is 1. The van der Waals surface area contributed by atoms with Crippen molar-refractivity contribution in [3.8, 4) is 0 Å². The van der Waals surface area contributed by atoms with E-state index in [1.807, 2.05) is 43.3 Å². The summed E-state index contributed by atoms with van der Waals surface area (Å²) in [4.78, 5) is 13.7. The van der Waals surface area contributed by atoms with Crippen LogP contribution in [0.4, 0.5) is 5.69 Å². The van der Waals surface area contributed by atoms with E-state index in [-0.39, 0.29) is 5.91 Å². The van der Waals surface area contributed by atoms with Crippen molar-refractivity contribution in [1.29, 1.82) is 0 Å². The van der Waals surface area contributed by atoms with E-state index in [0.717, 1.165) is 34.6 Å². The molecule has 2 aromatic rings. The summed E-state index contributed by atoms with van der Waals surface area (Å²) in [6.07, 6.45) is 1.99.